The minimum absolute atomic E-state index is 0.454. The number of rotatable bonds is 4. The first-order valence-electron chi connectivity index (χ1n) is 5.58. The van der Waals surface area contributed by atoms with Crippen molar-refractivity contribution in [1.82, 2.24) is 29.7 Å². The van der Waals surface area contributed by atoms with Crippen molar-refractivity contribution in [3.05, 3.63) is 6.33 Å². The molecule has 0 saturated carbocycles. The molecule has 0 amide bonds. The first-order valence-corrected chi connectivity index (χ1v) is 6.80. The highest BCUT2D eigenvalue weighted by atomic mass is 32.2. The van der Waals surface area contributed by atoms with E-state index in [0.717, 1.165) is 0 Å². The van der Waals surface area contributed by atoms with Crippen molar-refractivity contribution in [3.8, 4) is 5.95 Å². The van der Waals surface area contributed by atoms with Gasteiger partial charge in [0.1, 0.15) is 6.33 Å². The average Bonchev–Trinajstić information content (AvgIpc) is 2.86. The van der Waals surface area contributed by atoms with Gasteiger partial charge in [0.2, 0.25) is 17.1 Å². The Labute approximate surface area is 115 Å². The van der Waals surface area contributed by atoms with Crippen LogP contribution in [-0.4, -0.2) is 64.2 Å². The van der Waals surface area contributed by atoms with E-state index in [2.05, 4.69) is 25.0 Å². The predicted octanol–water partition coefficient (Wildman–Crippen LogP) is 0.306. The van der Waals surface area contributed by atoms with Crippen LogP contribution in [0, 0.1) is 0 Å². The van der Waals surface area contributed by atoms with Gasteiger partial charge in [-0.05, 0) is 6.26 Å². The van der Waals surface area contributed by atoms with Crippen molar-refractivity contribution in [2.75, 3.05) is 44.2 Å². The van der Waals surface area contributed by atoms with Crippen molar-refractivity contribution in [2.24, 2.45) is 0 Å². The standard InChI is InChI=1S/C10H16N8S/c1-16(2)7-12-8(17(3)4)14-9(13-7)18-6-11-10(15-18)19-5/h6H,1-5H3. The van der Waals surface area contributed by atoms with Crippen LogP contribution < -0.4 is 9.80 Å². The van der Waals surface area contributed by atoms with Crippen molar-refractivity contribution in [3.63, 3.8) is 0 Å². The maximum absolute atomic E-state index is 4.36. The van der Waals surface area contributed by atoms with Crippen molar-refractivity contribution < 1.29 is 0 Å². The van der Waals surface area contributed by atoms with Gasteiger partial charge in [0.15, 0.2) is 0 Å². The molecule has 2 aromatic rings. The summed E-state index contributed by atoms with van der Waals surface area (Å²) in [6.07, 6.45) is 3.52. The highest BCUT2D eigenvalue weighted by molar-refractivity contribution is 7.98. The lowest BCUT2D eigenvalue weighted by molar-refractivity contribution is 0.759. The number of anilines is 2. The fourth-order valence-electron chi connectivity index (χ4n) is 1.28. The lowest BCUT2D eigenvalue weighted by Crippen LogP contribution is -2.20. The molecule has 2 rings (SSSR count). The van der Waals surface area contributed by atoms with Crippen LogP contribution in [-0.2, 0) is 0 Å². The Hall–Kier alpha value is -1.90. The molecule has 0 aliphatic rings. The van der Waals surface area contributed by atoms with Crippen LogP contribution in [0.3, 0.4) is 0 Å². The van der Waals surface area contributed by atoms with Crippen LogP contribution in [0.4, 0.5) is 11.9 Å². The van der Waals surface area contributed by atoms with Crippen LogP contribution in [0.1, 0.15) is 0 Å². The van der Waals surface area contributed by atoms with Gasteiger partial charge in [0.25, 0.3) is 5.95 Å². The van der Waals surface area contributed by atoms with Gasteiger partial charge < -0.3 is 9.80 Å². The maximum atomic E-state index is 4.36. The van der Waals surface area contributed by atoms with E-state index < -0.39 is 0 Å². The van der Waals surface area contributed by atoms with E-state index >= 15 is 0 Å². The Bertz CT molecular complexity index is 538. The zero-order chi connectivity index (χ0) is 14.0. The Morgan fingerprint density at radius 2 is 1.58 bits per heavy atom. The summed E-state index contributed by atoms with van der Waals surface area (Å²) in [5.41, 5.74) is 0. The van der Waals surface area contributed by atoms with Gasteiger partial charge in [0, 0.05) is 28.2 Å². The van der Waals surface area contributed by atoms with Gasteiger partial charge in [-0.15, -0.1) is 5.10 Å². The van der Waals surface area contributed by atoms with Crippen LogP contribution in [0.5, 0.6) is 0 Å². The third kappa shape index (κ3) is 2.92. The van der Waals surface area contributed by atoms with E-state index in [1.54, 1.807) is 11.0 Å². The molecule has 0 unspecified atom stereocenters. The average molecular weight is 280 g/mol. The Morgan fingerprint density at radius 1 is 1.00 bits per heavy atom. The molecule has 102 valence electrons. The minimum atomic E-state index is 0.454. The van der Waals surface area contributed by atoms with Crippen LogP contribution in [0.2, 0.25) is 0 Å². The normalized spacial score (nSPS) is 10.6. The zero-order valence-electron chi connectivity index (χ0n) is 11.6. The van der Waals surface area contributed by atoms with E-state index in [0.29, 0.717) is 23.0 Å². The molecule has 0 saturated heterocycles. The summed E-state index contributed by atoms with van der Waals surface area (Å²) < 4.78 is 1.55. The molecular formula is C10H16N8S. The summed E-state index contributed by atoms with van der Waals surface area (Å²) >= 11 is 1.47. The summed E-state index contributed by atoms with van der Waals surface area (Å²) in [4.78, 5) is 20.9. The quantitative estimate of drug-likeness (QED) is 0.741. The second-order valence-corrected chi connectivity index (χ2v) is 4.97. The zero-order valence-corrected chi connectivity index (χ0v) is 12.4. The monoisotopic (exact) mass is 280 g/mol. The smallest absolute Gasteiger partial charge is 0.258 e. The lowest BCUT2D eigenvalue weighted by atomic mass is 10.7. The van der Waals surface area contributed by atoms with E-state index in [1.165, 1.54) is 11.8 Å². The largest absolute Gasteiger partial charge is 0.347 e. The molecule has 19 heavy (non-hydrogen) atoms. The molecule has 0 N–H and O–H groups in total. The van der Waals surface area contributed by atoms with Crippen molar-refractivity contribution in [2.45, 2.75) is 5.16 Å². The highest BCUT2D eigenvalue weighted by Crippen LogP contribution is 2.14. The van der Waals surface area contributed by atoms with Crippen molar-refractivity contribution >= 4 is 23.7 Å². The molecule has 0 atom stereocenters. The number of thioether (sulfide) groups is 1. The Morgan fingerprint density at radius 3 is 2.00 bits per heavy atom. The fraction of sp³-hybridized carbons (Fsp3) is 0.500. The highest BCUT2D eigenvalue weighted by Gasteiger charge is 2.12. The SMILES string of the molecule is CSc1ncn(-c2nc(N(C)C)nc(N(C)C)n2)n1. The molecular weight excluding hydrogens is 264 g/mol. The molecule has 2 aromatic heterocycles. The van der Waals surface area contributed by atoms with Crippen LogP contribution >= 0.6 is 11.8 Å². The molecule has 2 heterocycles. The van der Waals surface area contributed by atoms with Crippen LogP contribution in [0.15, 0.2) is 11.5 Å². The third-order valence-corrected chi connectivity index (χ3v) is 2.81. The first kappa shape index (κ1) is 13.5. The van der Waals surface area contributed by atoms with Crippen molar-refractivity contribution in [1.29, 1.82) is 0 Å². The molecule has 0 aromatic carbocycles. The number of nitrogens with zero attached hydrogens (tertiary/aromatic N) is 8. The van der Waals surface area contributed by atoms with Crippen LogP contribution in [0.25, 0.3) is 5.95 Å². The predicted molar refractivity (Wildman–Crippen MR) is 75.2 cm³/mol. The lowest BCUT2D eigenvalue weighted by Gasteiger charge is -2.15. The Kier molecular flexibility index (Phi) is 3.84. The maximum Gasteiger partial charge on any atom is 0.258 e. The number of hydrogen-bond acceptors (Lipinski definition) is 8. The second-order valence-electron chi connectivity index (χ2n) is 4.20. The second kappa shape index (κ2) is 5.39. The summed E-state index contributed by atoms with van der Waals surface area (Å²) in [6, 6.07) is 0. The minimum Gasteiger partial charge on any atom is -0.347 e. The van der Waals surface area contributed by atoms with Gasteiger partial charge in [-0.25, -0.2) is 4.98 Å². The molecule has 0 fully saturated rings. The van der Waals surface area contributed by atoms with Gasteiger partial charge in [-0.1, -0.05) is 11.8 Å². The van der Waals surface area contributed by atoms with Gasteiger partial charge in [-0.3, -0.25) is 0 Å². The topological polar surface area (TPSA) is 75.9 Å². The fourth-order valence-corrected chi connectivity index (χ4v) is 1.61. The van der Waals surface area contributed by atoms with E-state index in [-0.39, 0.29) is 0 Å². The summed E-state index contributed by atoms with van der Waals surface area (Å²) in [5, 5.41) is 4.96. The molecule has 0 spiro atoms. The van der Waals surface area contributed by atoms with E-state index in [9.17, 15) is 0 Å². The van der Waals surface area contributed by atoms with E-state index in [4.69, 9.17) is 0 Å². The summed E-state index contributed by atoms with van der Waals surface area (Å²) in [5.74, 6) is 1.61. The molecule has 0 radical (unpaired) electrons. The summed E-state index contributed by atoms with van der Waals surface area (Å²) in [7, 11) is 7.53. The van der Waals surface area contributed by atoms with Gasteiger partial charge in [-0.2, -0.15) is 19.6 Å². The molecule has 0 aliphatic heterocycles. The molecule has 9 heteroatoms. The van der Waals surface area contributed by atoms with Gasteiger partial charge >= 0.3 is 0 Å². The first-order chi connectivity index (χ1) is 9.01. The molecule has 8 nitrogen and oxygen atoms in total. The van der Waals surface area contributed by atoms with E-state index in [1.807, 2.05) is 44.2 Å². The van der Waals surface area contributed by atoms with Gasteiger partial charge in [0.05, 0.1) is 0 Å². The molecule has 0 bridgehead atoms. The summed E-state index contributed by atoms with van der Waals surface area (Å²) in [6.45, 7) is 0. The number of hydrogen-bond donors (Lipinski definition) is 0. The number of aromatic nitrogens is 6. The third-order valence-electron chi connectivity index (χ3n) is 2.26. The molecule has 0 aliphatic carbocycles. The Balaban J connectivity index is 2.49.